The first-order valence-electron chi connectivity index (χ1n) is 4.09. The normalized spacial score (nSPS) is 15.0. The lowest BCUT2D eigenvalue weighted by Gasteiger charge is -2.19. The van der Waals surface area contributed by atoms with Crippen molar-refractivity contribution in [3.63, 3.8) is 0 Å². The molecular weight excluding hydrogens is 176 g/mol. The number of ether oxygens (including phenoxy) is 3. The SMILES string of the molecule is COCC(CCO)OC(C)OC=O. The summed E-state index contributed by atoms with van der Waals surface area (Å²) in [5, 5.41) is 8.66. The summed E-state index contributed by atoms with van der Waals surface area (Å²) in [7, 11) is 1.54. The molecule has 0 saturated carbocycles. The van der Waals surface area contributed by atoms with Crippen molar-refractivity contribution in [2.45, 2.75) is 25.7 Å². The highest BCUT2D eigenvalue weighted by molar-refractivity contribution is 5.37. The van der Waals surface area contributed by atoms with Gasteiger partial charge in [-0.15, -0.1) is 0 Å². The molecule has 5 heteroatoms. The van der Waals surface area contributed by atoms with Crippen LogP contribution in [-0.4, -0.2) is 44.3 Å². The third-order valence-corrected chi connectivity index (χ3v) is 1.43. The topological polar surface area (TPSA) is 65.0 Å². The lowest BCUT2D eigenvalue weighted by molar-refractivity contribution is -0.177. The van der Waals surface area contributed by atoms with Crippen LogP contribution < -0.4 is 0 Å². The van der Waals surface area contributed by atoms with Gasteiger partial charge in [0.05, 0.1) is 12.7 Å². The van der Waals surface area contributed by atoms with Crippen LogP contribution in [0.4, 0.5) is 0 Å². The molecule has 1 N–H and O–H groups in total. The molecule has 0 aliphatic carbocycles. The summed E-state index contributed by atoms with van der Waals surface area (Å²) < 4.78 is 14.6. The van der Waals surface area contributed by atoms with Gasteiger partial charge in [-0.1, -0.05) is 0 Å². The van der Waals surface area contributed by atoms with Gasteiger partial charge in [0.2, 0.25) is 0 Å². The van der Waals surface area contributed by atoms with E-state index in [1.54, 1.807) is 14.0 Å². The minimum atomic E-state index is -0.607. The Morgan fingerprint density at radius 1 is 1.54 bits per heavy atom. The van der Waals surface area contributed by atoms with E-state index in [9.17, 15) is 4.79 Å². The Morgan fingerprint density at radius 3 is 2.69 bits per heavy atom. The zero-order valence-electron chi connectivity index (χ0n) is 7.93. The summed E-state index contributed by atoms with van der Waals surface area (Å²) in [6, 6.07) is 0. The number of hydrogen-bond acceptors (Lipinski definition) is 5. The molecule has 0 heterocycles. The van der Waals surface area contributed by atoms with Gasteiger partial charge in [-0.05, 0) is 13.3 Å². The number of carbonyl (C=O) groups is 1. The molecule has 0 aliphatic rings. The maximum absolute atomic E-state index is 9.93. The Labute approximate surface area is 77.6 Å². The van der Waals surface area contributed by atoms with Crippen molar-refractivity contribution >= 4 is 6.47 Å². The lowest BCUT2D eigenvalue weighted by Crippen LogP contribution is -2.26. The fourth-order valence-electron chi connectivity index (χ4n) is 0.902. The highest BCUT2D eigenvalue weighted by Gasteiger charge is 2.12. The standard InChI is InChI=1S/C8H16O5/c1-7(12-6-10)13-8(3-4-9)5-11-2/h6-9H,3-5H2,1-2H3. The van der Waals surface area contributed by atoms with Gasteiger partial charge in [-0.2, -0.15) is 0 Å². The van der Waals surface area contributed by atoms with Crippen LogP contribution >= 0.6 is 0 Å². The molecule has 2 unspecified atom stereocenters. The molecular formula is C8H16O5. The Kier molecular flexibility index (Phi) is 7.57. The molecule has 78 valence electrons. The molecule has 0 saturated heterocycles. The van der Waals surface area contributed by atoms with E-state index in [2.05, 4.69) is 4.74 Å². The van der Waals surface area contributed by atoms with Crippen molar-refractivity contribution in [3.8, 4) is 0 Å². The van der Waals surface area contributed by atoms with E-state index in [4.69, 9.17) is 14.6 Å². The number of aliphatic hydroxyl groups is 1. The number of aliphatic hydroxyl groups excluding tert-OH is 1. The van der Waals surface area contributed by atoms with Crippen molar-refractivity contribution < 1.29 is 24.1 Å². The summed E-state index contributed by atoms with van der Waals surface area (Å²) in [4.78, 5) is 9.93. The van der Waals surface area contributed by atoms with E-state index in [1.807, 2.05) is 0 Å². The third kappa shape index (κ3) is 6.51. The second-order valence-corrected chi connectivity index (χ2v) is 2.53. The van der Waals surface area contributed by atoms with Crippen LogP contribution in [0.3, 0.4) is 0 Å². The van der Waals surface area contributed by atoms with Crippen molar-refractivity contribution in [1.29, 1.82) is 0 Å². The van der Waals surface area contributed by atoms with E-state index in [0.717, 1.165) is 0 Å². The molecule has 0 aromatic rings. The van der Waals surface area contributed by atoms with Crippen LogP contribution in [0.5, 0.6) is 0 Å². The average Bonchev–Trinajstić information content (AvgIpc) is 2.05. The lowest BCUT2D eigenvalue weighted by atomic mass is 10.3. The van der Waals surface area contributed by atoms with Crippen molar-refractivity contribution in [1.82, 2.24) is 0 Å². The van der Waals surface area contributed by atoms with Gasteiger partial charge in [-0.3, -0.25) is 4.79 Å². The second-order valence-electron chi connectivity index (χ2n) is 2.53. The van der Waals surface area contributed by atoms with Crippen LogP contribution in [0.2, 0.25) is 0 Å². The molecule has 0 aromatic carbocycles. The van der Waals surface area contributed by atoms with Gasteiger partial charge >= 0.3 is 0 Å². The van der Waals surface area contributed by atoms with Crippen molar-refractivity contribution in [2.75, 3.05) is 20.3 Å². The van der Waals surface area contributed by atoms with Crippen LogP contribution in [0.25, 0.3) is 0 Å². The molecule has 0 radical (unpaired) electrons. The number of hydrogen-bond donors (Lipinski definition) is 1. The number of rotatable bonds is 8. The fourth-order valence-corrected chi connectivity index (χ4v) is 0.902. The summed E-state index contributed by atoms with van der Waals surface area (Å²) in [6.07, 6.45) is -0.394. The molecule has 0 amide bonds. The highest BCUT2D eigenvalue weighted by atomic mass is 16.7. The second kappa shape index (κ2) is 7.97. The van der Waals surface area contributed by atoms with Crippen LogP contribution in [0, 0.1) is 0 Å². The maximum atomic E-state index is 9.93. The Morgan fingerprint density at radius 2 is 2.23 bits per heavy atom. The molecule has 13 heavy (non-hydrogen) atoms. The average molecular weight is 192 g/mol. The molecule has 0 spiro atoms. The highest BCUT2D eigenvalue weighted by Crippen LogP contribution is 2.03. The fraction of sp³-hybridized carbons (Fsp3) is 0.875. The van der Waals surface area contributed by atoms with Gasteiger partial charge in [0.25, 0.3) is 6.47 Å². The van der Waals surface area contributed by atoms with E-state index < -0.39 is 6.29 Å². The van der Waals surface area contributed by atoms with Gasteiger partial charge in [-0.25, -0.2) is 0 Å². The first-order chi connectivity index (χ1) is 6.24. The first-order valence-corrected chi connectivity index (χ1v) is 4.09. The minimum Gasteiger partial charge on any atom is -0.438 e. The van der Waals surface area contributed by atoms with E-state index in [0.29, 0.717) is 19.5 Å². The molecule has 0 bridgehead atoms. The maximum Gasteiger partial charge on any atom is 0.295 e. The molecule has 0 fully saturated rings. The smallest absolute Gasteiger partial charge is 0.295 e. The Bertz CT molecular complexity index is 122. The molecule has 5 nitrogen and oxygen atoms in total. The first kappa shape index (κ1) is 12.3. The van der Waals surface area contributed by atoms with Crippen molar-refractivity contribution in [2.24, 2.45) is 0 Å². The Hall–Kier alpha value is -0.650. The van der Waals surface area contributed by atoms with Gasteiger partial charge in [0.1, 0.15) is 0 Å². The monoisotopic (exact) mass is 192 g/mol. The summed E-state index contributed by atoms with van der Waals surface area (Å²) in [5.41, 5.74) is 0. The largest absolute Gasteiger partial charge is 0.438 e. The van der Waals surface area contributed by atoms with Crippen molar-refractivity contribution in [3.05, 3.63) is 0 Å². The van der Waals surface area contributed by atoms with Gasteiger partial charge in [0.15, 0.2) is 6.29 Å². The molecule has 0 aliphatic heterocycles. The van der Waals surface area contributed by atoms with E-state index >= 15 is 0 Å². The van der Waals surface area contributed by atoms with Crippen LogP contribution in [0.1, 0.15) is 13.3 Å². The minimum absolute atomic E-state index is 0.0157. The summed E-state index contributed by atoms with van der Waals surface area (Å²) >= 11 is 0. The number of carbonyl (C=O) groups excluding carboxylic acids is 1. The van der Waals surface area contributed by atoms with Gasteiger partial charge < -0.3 is 19.3 Å². The summed E-state index contributed by atoms with van der Waals surface area (Å²) in [5.74, 6) is 0. The predicted octanol–water partition coefficient (Wildman–Crippen LogP) is -0.0806. The van der Waals surface area contributed by atoms with Crippen LogP contribution in [-0.2, 0) is 19.0 Å². The third-order valence-electron chi connectivity index (χ3n) is 1.43. The predicted molar refractivity (Wildman–Crippen MR) is 45.1 cm³/mol. The van der Waals surface area contributed by atoms with E-state index in [-0.39, 0.29) is 12.7 Å². The zero-order valence-corrected chi connectivity index (χ0v) is 7.93. The number of methoxy groups -OCH3 is 1. The quantitative estimate of drug-likeness (QED) is 0.430. The van der Waals surface area contributed by atoms with Gasteiger partial charge in [0, 0.05) is 13.7 Å². The molecule has 0 rings (SSSR count). The van der Waals surface area contributed by atoms with Crippen LogP contribution in [0.15, 0.2) is 0 Å². The summed E-state index contributed by atoms with van der Waals surface area (Å²) in [6.45, 7) is 2.32. The van der Waals surface area contributed by atoms with E-state index in [1.165, 1.54) is 0 Å². The molecule has 0 aromatic heterocycles. The zero-order chi connectivity index (χ0) is 10.1. The molecule has 2 atom stereocenters. The Balaban J connectivity index is 3.70.